The number of ether oxygens (including phenoxy) is 2. The number of hydrogen-bond donors (Lipinski definition) is 2. The molecule has 0 amide bonds. The number of phenols is 2. The average molecular weight is 374 g/mol. The summed E-state index contributed by atoms with van der Waals surface area (Å²) < 4.78 is 10.9. The quantitative estimate of drug-likeness (QED) is 0.493. The van der Waals surface area contributed by atoms with E-state index in [-0.39, 0.29) is 11.5 Å². The SMILES string of the molecule is COCc1ccc2ccc(O)cc2c1-c1c(COC)ccc2ccc(O)cc12. The summed E-state index contributed by atoms with van der Waals surface area (Å²) >= 11 is 0. The zero-order valence-electron chi connectivity index (χ0n) is 15.9. The zero-order valence-corrected chi connectivity index (χ0v) is 15.9. The van der Waals surface area contributed by atoms with E-state index in [1.165, 1.54) is 0 Å². The van der Waals surface area contributed by atoms with Crippen LogP contribution < -0.4 is 0 Å². The van der Waals surface area contributed by atoms with E-state index in [0.717, 1.165) is 43.8 Å². The van der Waals surface area contributed by atoms with Crippen molar-refractivity contribution in [3.63, 3.8) is 0 Å². The number of aromatic hydroxyl groups is 2. The highest BCUT2D eigenvalue weighted by atomic mass is 16.5. The molecular formula is C24H22O4. The second-order valence-corrected chi connectivity index (χ2v) is 6.88. The molecular weight excluding hydrogens is 352 g/mol. The van der Waals surface area contributed by atoms with Gasteiger partial charge in [0.05, 0.1) is 13.2 Å². The summed E-state index contributed by atoms with van der Waals surface area (Å²) in [4.78, 5) is 0. The highest BCUT2D eigenvalue weighted by Gasteiger charge is 2.17. The number of rotatable bonds is 5. The lowest BCUT2D eigenvalue weighted by atomic mass is 9.87. The Labute approximate surface area is 163 Å². The van der Waals surface area contributed by atoms with Gasteiger partial charge in [-0.15, -0.1) is 0 Å². The predicted molar refractivity (Wildman–Crippen MR) is 112 cm³/mol. The van der Waals surface area contributed by atoms with Gasteiger partial charge in [-0.05, 0) is 68.1 Å². The third-order valence-electron chi connectivity index (χ3n) is 5.03. The molecule has 0 aliphatic rings. The lowest BCUT2D eigenvalue weighted by Gasteiger charge is -2.19. The Morgan fingerprint density at radius 1 is 0.607 bits per heavy atom. The lowest BCUT2D eigenvalue weighted by Crippen LogP contribution is -1.99. The van der Waals surface area contributed by atoms with Gasteiger partial charge in [0.1, 0.15) is 11.5 Å². The molecule has 0 atom stereocenters. The van der Waals surface area contributed by atoms with E-state index >= 15 is 0 Å². The number of methoxy groups -OCH3 is 2. The van der Waals surface area contributed by atoms with E-state index in [2.05, 4.69) is 12.1 Å². The van der Waals surface area contributed by atoms with Crippen molar-refractivity contribution in [2.75, 3.05) is 14.2 Å². The summed E-state index contributed by atoms with van der Waals surface area (Å²) in [6.45, 7) is 0.866. The third-order valence-corrected chi connectivity index (χ3v) is 5.03. The molecule has 0 aliphatic heterocycles. The van der Waals surface area contributed by atoms with Gasteiger partial charge in [-0.1, -0.05) is 36.4 Å². The molecule has 0 fully saturated rings. The number of benzene rings is 4. The Balaban J connectivity index is 2.18. The van der Waals surface area contributed by atoms with Crippen LogP contribution in [0.3, 0.4) is 0 Å². The fourth-order valence-corrected chi connectivity index (χ4v) is 3.85. The number of phenolic OH excluding ortho intramolecular Hbond substituents is 2. The average Bonchev–Trinajstić information content (AvgIpc) is 2.68. The molecule has 4 rings (SSSR count). The fourth-order valence-electron chi connectivity index (χ4n) is 3.85. The van der Waals surface area contributed by atoms with Crippen molar-refractivity contribution in [2.24, 2.45) is 0 Å². The first kappa shape index (κ1) is 18.3. The molecule has 4 aromatic carbocycles. The van der Waals surface area contributed by atoms with Gasteiger partial charge in [-0.3, -0.25) is 0 Å². The minimum absolute atomic E-state index is 0.208. The molecule has 4 heteroatoms. The molecule has 0 heterocycles. The normalized spacial score (nSPS) is 11.4. The smallest absolute Gasteiger partial charge is 0.116 e. The Morgan fingerprint density at radius 3 is 1.39 bits per heavy atom. The predicted octanol–water partition coefficient (Wildman–Crippen LogP) is 5.36. The Morgan fingerprint density at radius 2 is 1.00 bits per heavy atom. The van der Waals surface area contributed by atoms with E-state index < -0.39 is 0 Å². The monoisotopic (exact) mass is 374 g/mol. The van der Waals surface area contributed by atoms with Crippen LogP contribution >= 0.6 is 0 Å². The minimum atomic E-state index is 0.208. The summed E-state index contributed by atoms with van der Waals surface area (Å²) in [5.41, 5.74) is 3.99. The molecule has 142 valence electrons. The van der Waals surface area contributed by atoms with Crippen LogP contribution in [0.1, 0.15) is 11.1 Å². The van der Waals surface area contributed by atoms with Crippen molar-refractivity contribution in [2.45, 2.75) is 13.2 Å². The third kappa shape index (κ3) is 3.17. The summed E-state index contributed by atoms with van der Waals surface area (Å²) in [5.74, 6) is 0.416. The summed E-state index contributed by atoms with van der Waals surface area (Å²) in [7, 11) is 3.34. The van der Waals surface area contributed by atoms with Crippen molar-refractivity contribution in [3.8, 4) is 22.6 Å². The van der Waals surface area contributed by atoms with Crippen LogP contribution in [0, 0.1) is 0 Å². The molecule has 0 bridgehead atoms. The maximum absolute atomic E-state index is 10.2. The summed E-state index contributed by atoms with van der Waals surface area (Å²) in [5, 5.41) is 24.2. The molecule has 0 unspecified atom stereocenters. The van der Waals surface area contributed by atoms with Gasteiger partial charge in [0.2, 0.25) is 0 Å². The second-order valence-electron chi connectivity index (χ2n) is 6.88. The topological polar surface area (TPSA) is 58.9 Å². The fraction of sp³-hybridized carbons (Fsp3) is 0.167. The van der Waals surface area contributed by atoms with Crippen molar-refractivity contribution in [1.29, 1.82) is 0 Å². The highest BCUT2D eigenvalue weighted by molar-refractivity contribution is 6.08. The van der Waals surface area contributed by atoms with Gasteiger partial charge in [0.15, 0.2) is 0 Å². The summed E-state index contributed by atoms with van der Waals surface area (Å²) in [6, 6.07) is 18.9. The standard InChI is InChI=1S/C24H22O4/c1-27-13-17-5-3-15-7-9-19(25)11-21(15)23(17)24-18(14-28-2)6-4-16-8-10-20(26)12-22(16)24/h3-12,25-26H,13-14H2,1-2H3. The van der Waals surface area contributed by atoms with Crippen LogP contribution in [0.5, 0.6) is 11.5 Å². The second kappa shape index (κ2) is 7.50. The van der Waals surface area contributed by atoms with Crippen molar-refractivity contribution >= 4 is 21.5 Å². The molecule has 4 aromatic rings. The number of fused-ring (bicyclic) bond motifs is 2. The molecule has 0 spiro atoms. The van der Waals surface area contributed by atoms with Crippen LogP contribution in [-0.4, -0.2) is 24.4 Å². The first-order valence-electron chi connectivity index (χ1n) is 9.10. The van der Waals surface area contributed by atoms with Crippen molar-refractivity contribution < 1.29 is 19.7 Å². The number of hydrogen-bond acceptors (Lipinski definition) is 4. The zero-order chi connectivity index (χ0) is 19.7. The largest absolute Gasteiger partial charge is 0.508 e. The van der Waals surface area contributed by atoms with Gasteiger partial charge in [0, 0.05) is 14.2 Å². The van der Waals surface area contributed by atoms with Gasteiger partial charge in [-0.2, -0.15) is 0 Å². The molecule has 2 N–H and O–H groups in total. The molecule has 0 saturated carbocycles. The van der Waals surface area contributed by atoms with Crippen LogP contribution in [0.25, 0.3) is 32.7 Å². The van der Waals surface area contributed by atoms with Crippen LogP contribution in [0.15, 0.2) is 60.7 Å². The Hall–Kier alpha value is -3.08. The van der Waals surface area contributed by atoms with E-state index in [9.17, 15) is 10.2 Å². The van der Waals surface area contributed by atoms with E-state index in [0.29, 0.717) is 13.2 Å². The molecule has 0 aliphatic carbocycles. The first-order chi connectivity index (χ1) is 13.6. The molecule has 28 heavy (non-hydrogen) atoms. The van der Waals surface area contributed by atoms with Crippen molar-refractivity contribution in [3.05, 3.63) is 71.8 Å². The Kier molecular flexibility index (Phi) is 4.90. The lowest BCUT2D eigenvalue weighted by molar-refractivity contribution is 0.184. The van der Waals surface area contributed by atoms with Gasteiger partial charge < -0.3 is 19.7 Å². The van der Waals surface area contributed by atoms with Crippen molar-refractivity contribution in [1.82, 2.24) is 0 Å². The maximum atomic E-state index is 10.2. The molecule has 0 aromatic heterocycles. The van der Waals surface area contributed by atoms with Gasteiger partial charge in [0.25, 0.3) is 0 Å². The van der Waals surface area contributed by atoms with E-state index in [4.69, 9.17) is 9.47 Å². The maximum Gasteiger partial charge on any atom is 0.116 e. The van der Waals surface area contributed by atoms with E-state index in [1.54, 1.807) is 38.5 Å². The van der Waals surface area contributed by atoms with Crippen LogP contribution in [-0.2, 0) is 22.7 Å². The minimum Gasteiger partial charge on any atom is -0.508 e. The van der Waals surface area contributed by atoms with Gasteiger partial charge in [-0.25, -0.2) is 0 Å². The highest BCUT2D eigenvalue weighted by Crippen LogP contribution is 2.41. The van der Waals surface area contributed by atoms with Gasteiger partial charge >= 0.3 is 0 Å². The molecule has 0 radical (unpaired) electrons. The van der Waals surface area contributed by atoms with E-state index in [1.807, 2.05) is 24.3 Å². The first-order valence-corrected chi connectivity index (χ1v) is 9.10. The Bertz CT molecular complexity index is 1070. The van der Waals surface area contributed by atoms with Crippen LogP contribution in [0.4, 0.5) is 0 Å². The molecule has 4 nitrogen and oxygen atoms in total. The van der Waals surface area contributed by atoms with Crippen LogP contribution in [0.2, 0.25) is 0 Å². The summed E-state index contributed by atoms with van der Waals surface area (Å²) in [6.07, 6.45) is 0. The molecule has 0 saturated heterocycles.